The number of allylic oxidation sites excluding steroid dienone is 1. The maximum atomic E-state index is 14.0. The number of rotatable bonds is 8. The Labute approximate surface area is 267 Å². The first-order valence-electron chi connectivity index (χ1n) is 13.8. The standard InChI is InChI=1S/C35H26Cl2N2O4S/c1-22-31(34(41)43-21-24-10-6-3-7-11-24)32(25-13-16-28(17-14-25)42-20-23-8-4-2-5-9-23)39-33(40)30(44-35(39)38-22)18-26-12-15-27(36)19-29(26)37/h2-19,32H,20-21H2,1H3/b30-18+/t32-/m1/s1. The smallest absolute Gasteiger partial charge is 0.338 e. The van der Waals surface area contributed by atoms with E-state index in [-0.39, 0.29) is 12.2 Å². The zero-order chi connectivity index (χ0) is 30.6. The first-order valence-corrected chi connectivity index (χ1v) is 15.4. The van der Waals surface area contributed by atoms with Crippen LogP contribution in [0.5, 0.6) is 5.75 Å². The van der Waals surface area contributed by atoms with E-state index < -0.39 is 12.0 Å². The van der Waals surface area contributed by atoms with E-state index in [0.29, 0.717) is 48.6 Å². The van der Waals surface area contributed by atoms with E-state index in [4.69, 9.17) is 32.7 Å². The number of ether oxygens (including phenoxy) is 2. The number of hydrogen-bond donors (Lipinski definition) is 0. The van der Waals surface area contributed by atoms with Crippen LogP contribution in [0.15, 0.2) is 124 Å². The Balaban J connectivity index is 1.39. The molecule has 6 nitrogen and oxygen atoms in total. The quantitative estimate of drug-likeness (QED) is 0.174. The summed E-state index contributed by atoms with van der Waals surface area (Å²) in [6.45, 7) is 2.27. The number of halogens is 2. The highest BCUT2D eigenvalue weighted by Gasteiger charge is 2.33. The van der Waals surface area contributed by atoms with E-state index >= 15 is 0 Å². The largest absolute Gasteiger partial charge is 0.489 e. The van der Waals surface area contributed by atoms with Gasteiger partial charge < -0.3 is 9.47 Å². The van der Waals surface area contributed by atoms with Gasteiger partial charge >= 0.3 is 5.97 Å². The van der Waals surface area contributed by atoms with E-state index in [2.05, 4.69) is 4.99 Å². The van der Waals surface area contributed by atoms with Crippen LogP contribution >= 0.6 is 34.5 Å². The number of carbonyl (C=O) groups is 1. The monoisotopic (exact) mass is 640 g/mol. The molecule has 44 heavy (non-hydrogen) atoms. The molecule has 0 fully saturated rings. The van der Waals surface area contributed by atoms with Crippen LogP contribution in [0.4, 0.5) is 0 Å². The molecule has 0 saturated carbocycles. The predicted molar refractivity (Wildman–Crippen MR) is 174 cm³/mol. The van der Waals surface area contributed by atoms with Crippen molar-refractivity contribution >= 4 is 46.6 Å². The normalized spacial score (nSPS) is 14.6. The minimum absolute atomic E-state index is 0.0922. The summed E-state index contributed by atoms with van der Waals surface area (Å²) >= 11 is 13.7. The van der Waals surface area contributed by atoms with Gasteiger partial charge in [-0.05, 0) is 59.5 Å². The van der Waals surface area contributed by atoms with Gasteiger partial charge in [-0.2, -0.15) is 0 Å². The van der Waals surface area contributed by atoms with Gasteiger partial charge in [-0.1, -0.05) is 113 Å². The van der Waals surface area contributed by atoms with Crippen molar-refractivity contribution in [2.75, 3.05) is 0 Å². The van der Waals surface area contributed by atoms with Crippen LogP contribution in [-0.4, -0.2) is 10.5 Å². The second-order valence-corrected chi connectivity index (χ2v) is 12.0. The second-order valence-electron chi connectivity index (χ2n) is 10.2. The number of nitrogens with zero attached hydrogens (tertiary/aromatic N) is 2. The fourth-order valence-electron chi connectivity index (χ4n) is 4.95. The van der Waals surface area contributed by atoms with Gasteiger partial charge in [0.05, 0.1) is 21.8 Å². The number of hydrogen-bond acceptors (Lipinski definition) is 6. The Bertz CT molecular complexity index is 2040. The van der Waals surface area contributed by atoms with Gasteiger partial charge in [0, 0.05) is 10.0 Å². The molecule has 0 unspecified atom stereocenters. The maximum absolute atomic E-state index is 14.0. The van der Waals surface area contributed by atoms with Crippen molar-refractivity contribution in [3.05, 3.63) is 166 Å². The van der Waals surface area contributed by atoms with Crippen molar-refractivity contribution in [1.82, 2.24) is 4.57 Å². The van der Waals surface area contributed by atoms with Gasteiger partial charge in [0.25, 0.3) is 5.56 Å². The molecule has 5 aromatic rings. The molecule has 0 bridgehead atoms. The van der Waals surface area contributed by atoms with Crippen LogP contribution in [-0.2, 0) is 22.7 Å². The minimum atomic E-state index is -0.763. The van der Waals surface area contributed by atoms with Crippen molar-refractivity contribution in [2.45, 2.75) is 26.2 Å². The Morgan fingerprint density at radius 1 is 0.909 bits per heavy atom. The van der Waals surface area contributed by atoms with Crippen molar-refractivity contribution in [3.8, 4) is 5.75 Å². The lowest BCUT2D eigenvalue weighted by atomic mass is 9.96. The lowest BCUT2D eigenvalue weighted by Gasteiger charge is -2.25. The van der Waals surface area contributed by atoms with Crippen LogP contribution in [0.25, 0.3) is 6.08 Å². The summed E-state index contributed by atoms with van der Waals surface area (Å²) in [5.41, 5.74) is 3.75. The fourth-order valence-corrected chi connectivity index (χ4v) is 6.45. The molecular weight excluding hydrogens is 615 g/mol. The molecule has 0 saturated heterocycles. The first-order chi connectivity index (χ1) is 21.4. The van der Waals surface area contributed by atoms with Gasteiger partial charge in [-0.15, -0.1) is 0 Å². The summed E-state index contributed by atoms with van der Waals surface area (Å²) in [6.07, 6.45) is 1.72. The third-order valence-electron chi connectivity index (χ3n) is 7.15. The molecule has 9 heteroatoms. The number of benzene rings is 4. The van der Waals surface area contributed by atoms with E-state index in [1.54, 1.807) is 35.8 Å². The molecule has 220 valence electrons. The number of carbonyl (C=O) groups excluding carboxylic acids is 1. The fraction of sp³-hybridized carbons (Fsp3) is 0.114. The van der Waals surface area contributed by atoms with Gasteiger partial charge in [0.15, 0.2) is 4.80 Å². The Morgan fingerprint density at radius 3 is 2.23 bits per heavy atom. The number of esters is 1. The zero-order valence-electron chi connectivity index (χ0n) is 23.6. The minimum Gasteiger partial charge on any atom is -0.489 e. The van der Waals surface area contributed by atoms with Crippen LogP contribution in [0, 0.1) is 0 Å². The molecule has 6 rings (SSSR count). The average Bonchev–Trinajstić information content (AvgIpc) is 3.34. The molecule has 0 amide bonds. The summed E-state index contributed by atoms with van der Waals surface area (Å²) in [5.74, 6) is 0.121. The van der Waals surface area contributed by atoms with Crippen LogP contribution < -0.4 is 19.6 Å². The number of thiazole rings is 1. The lowest BCUT2D eigenvalue weighted by Crippen LogP contribution is -2.39. The van der Waals surface area contributed by atoms with Gasteiger partial charge in [0.1, 0.15) is 19.0 Å². The van der Waals surface area contributed by atoms with Crippen molar-refractivity contribution in [2.24, 2.45) is 4.99 Å². The second kappa shape index (κ2) is 13.1. The molecule has 0 radical (unpaired) electrons. The SMILES string of the molecule is CC1=C(C(=O)OCc2ccccc2)[C@@H](c2ccc(OCc3ccccc3)cc2)n2c(s/c(=C/c3ccc(Cl)cc3Cl)c2=O)=N1. The molecule has 1 aromatic heterocycles. The van der Waals surface area contributed by atoms with Gasteiger partial charge in [0.2, 0.25) is 0 Å². The summed E-state index contributed by atoms with van der Waals surface area (Å²) in [5, 5.41) is 0.923. The van der Waals surface area contributed by atoms with Crippen LogP contribution in [0.2, 0.25) is 10.0 Å². The third-order valence-corrected chi connectivity index (χ3v) is 8.69. The number of fused-ring (bicyclic) bond motifs is 1. The highest BCUT2D eigenvalue weighted by Crippen LogP contribution is 2.32. The average molecular weight is 642 g/mol. The summed E-state index contributed by atoms with van der Waals surface area (Å²) < 4.78 is 13.7. The summed E-state index contributed by atoms with van der Waals surface area (Å²) in [4.78, 5) is 32.8. The van der Waals surface area contributed by atoms with Gasteiger partial charge in [-0.25, -0.2) is 9.79 Å². The Morgan fingerprint density at radius 2 is 1.57 bits per heavy atom. The van der Waals surface area contributed by atoms with Crippen molar-refractivity contribution in [1.29, 1.82) is 0 Å². The molecule has 0 N–H and O–H groups in total. The number of aromatic nitrogens is 1. The third kappa shape index (κ3) is 6.40. The molecule has 0 spiro atoms. The van der Waals surface area contributed by atoms with E-state index in [0.717, 1.165) is 16.7 Å². The van der Waals surface area contributed by atoms with E-state index in [1.807, 2.05) is 84.9 Å². The summed E-state index contributed by atoms with van der Waals surface area (Å²) in [6, 6.07) is 31.1. The molecule has 1 atom stereocenters. The van der Waals surface area contributed by atoms with Crippen LogP contribution in [0.1, 0.15) is 35.2 Å². The van der Waals surface area contributed by atoms with Crippen molar-refractivity contribution in [3.63, 3.8) is 0 Å². The molecule has 1 aliphatic heterocycles. The topological polar surface area (TPSA) is 69.9 Å². The zero-order valence-corrected chi connectivity index (χ0v) is 25.9. The summed E-state index contributed by atoms with van der Waals surface area (Å²) in [7, 11) is 0. The molecule has 0 aliphatic carbocycles. The highest BCUT2D eigenvalue weighted by molar-refractivity contribution is 7.07. The van der Waals surface area contributed by atoms with Crippen molar-refractivity contribution < 1.29 is 14.3 Å². The predicted octanol–water partition coefficient (Wildman–Crippen LogP) is 6.86. The molecule has 2 heterocycles. The molecule has 4 aromatic carbocycles. The molecule has 1 aliphatic rings. The molecular formula is C35H26Cl2N2O4S. The Kier molecular flexibility index (Phi) is 8.79. The first kappa shape index (κ1) is 29.6. The van der Waals surface area contributed by atoms with E-state index in [1.165, 1.54) is 11.3 Å². The van der Waals surface area contributed by atoms with Crippen LogP contribution in [0.3, 0.4) is 0 Å². The van der Waals surface area contributed by atoms with E-state index in [9.17, 15) is 9.59 Å². The lowest BCUT2D eigenvalue weighted by molar-refractivity contribution is -0.140. The maximum Gasteiger partial charge on any atom is 0.338 e. The van der Waals surface area contributed by atoms with Gasteiger partial charge in [-0.3, -0.25) is 9.36 Å². The highest BCUT2D eigenvalue weighted by atomic mass is 35.5. The Hall–Kier alpha value is -4.43.